The van der Waals surface area contributed by atoms with E-state index < -0.39 is 54.0 Å². The van der Waals surface area contributed by atoms with E-state index in [1.165, 1.54) is 31.2 Å². The minimum Gasteiger partial charge on any atom is -0.496 e. The van der Waals surface area contributed by atoms with Crippen molar-refractivity contribution in [2.45, 2.75) is 44.4 Å². The van der Waals surface area contributed by atoms with Crippen molar-refractivity contribution < 1.29 is 54.9 Å². The lowest BCUT2D eigenvalue weighted by molar-refractivity contribution is -0.0939. The highest BCUT2D eigenvalue weighted by Gasteiger charge is 2.40. The number of carbonyl (C=O) groups excluding carboxylic acids is 1. The molecule has 1 aromatic carbocycles. The molecule has 1 amide bonds. The molecule has 264 valence electrons. The smallest absolute Gasteiger partial charge is 0.418 e. The van der Waals surface area contributed by atoms with Gasteiger partial charge in [0.1, 0.15) is 17.7 Å². The van der Waals surface area contributed by atoms with Crippen molar-refractivity contribution in [2.75, 3.05) is 25.1 Å². The molecule has 4 heterocycles. The molecule has 50 heavy (non-hydrogen) atoms. The van der Waals surface area contributed by atoms with Crippen LogP contribution >= 0.6 is 0 Å². The summed E-state index contributed by atoms with van der Waals surface area (Å²) in [4.78, 5) is 36.7. The molecule has 0 unspecified atom stereocenters. The first-order valence-corrected chi connectivity index (χ1v) is 15.1. The summed E-state index contributed by atoms with van der Waals surface area (Å²) in [5.74, 6) is -0.0822. The summed E-state index contributed by atoms with van der Waals surface area (Å²) < 4.78 is 104. The summed E-state index contributed by atoms with van der Waals surface area (Å²) in [5.41, 5.74) is -1.40. The van der Waals surface area contributed by atoms with Crippen molar-refractivity contribution >= 4 is 17.9 Å². The molecule has 1 N–H and O–H groups in total. The number of cyclic esters (lactones) is 1. The lowest BCUT2D eigenvalue weighted by Crippen LogP contribution is -2.38. The molecule has 2 aliphatic heterocycles. The second-order valence-electron chi connectivity index (χ2n) is 11.4. The average molecular weight is 707 g/mol. The number of anilines is 1. The van der Waals surface area contributed by atoms with Gasteiger partial charge in [-0.25, -0.2) is 19.0 Å². The third-order valence-electron chi connectivity index (χ3n) is 8.24. The van der Waals surface area contributed by atoms with Gasteiger partial charge in [-0.15, -0.1) is 0 Å². The zero-order valence-electron chi connectivity index (χ0n) is 26.4. The van der Waals surface area contributed by atoms with Crippen molar-refractivity contribution in [1.29, 1.82) is 0 Å². The van der Waals surface area contributed by atoms with Crippen LogP contribution in [-0.2, 0) is 11.3 Å². The molecule has 3 aromatic rings. The van der Waals surface area contributed by atoms with Crippen LogP contribution in [-0.4, -0.2) is 76.7 Å². The van der Waals surface area contributed by atoms with Gasteiger partial charge < -0.3 is 19.5 Å². The summed E-state index contributed by atoms with van der Waals surface area (Å²) in [7, 11) is 1.46. The average Bonchev–Trinajstić information content (AvgIpc) is 3.30. The van der Waals surface area contributed by atoms with Crippen LogP contribution in [0.3, 0.4) is 0 Å². The number of allylic oxidation sites excluding steroid dienone is 4. The fraction of sp³-hybridized carbons (Fsp3) is 0.294. The standard InChI is InChI=1S/C34H29F7N4O5/c1-19-28(10-6-22(33(36,37)38)15-23(16-35)34(39,40)41)50-32(48)45(19)18-27-24(7-11-30(43-27)44-12-3-13-44)25-14-20(5-9-29(25)49-2)26-8-4-21(17-42-26)31(46)47/h4-11,14-17,19,28H,3,12-13,18H2,1-2H3,(H,46,47)/b10-6+,22-15+,23-16+/t19-,28+/m0/s1. The Labute approximate surface area is 280 Å². The quantitative estimate of drug-likeness (QED) is 0.168. The number of carbonyl (C=O) groups is 2. The summed E-state index contributed by atoms with van der Waals surface area (Å²) in [6.07, 6.45) is -10.9. The Kier molecular flexibility index (Phi) is 10.2. The van der Waals surface area contributed by atoms with Gasteiger partial charge in [-0.2, -0.15) is 26.3 Å². The van der Waals surface area contributed by atoms with E-state index in [0.717, 1.165) is 25.6 Å². The Morgan fingerprint density at radius 2 is 1.76 bits per heavy atom. The largest absolute Gasteiger partial charge is 0.496 e. The number of hydrogen-bond donors (Lipinski definition) is 1. The van der Waals surface area contributed by atoms with E-state index >= 15 is 0 Å². The number of carboxylic acids is 1. The molecule has 2 aliphatic rings. The van der Waals surface area contributed by atoms with E-state index in [4.69, 9.17) is 14.5 Å². The van der Waals surface area contributed by atoms with Crippen molar-refractivity contribution in [3.8, 4) is 28.1 Å². The van der Waals surface area contributed by atoms with Gasteiger partial charge in [-0.3, -0.25) is 9.88 Å². The van der Waals surface area contributed by atoms with Crippen LogP contribution < -0.4 is 9.64 Å². The molecule has 16 heteroatoms. The maximum atomic E-state index is 13.6. The third-order valence-corrected chi connectivity index (χ3v) is 8.24. The molecule has 2 fully saturated rings. The summed E-state index contributed by atoms with van der Waals surface area (Å²) in [6, 6.07) is 10.8. The highest BCUT2D eigenvalue weighted by Crippen LogP contribution is 2.38. The van der Waals surface area contributed by atoms with Crippen LogP contribution in [0.25, 0.3) is 22.4 Å². The van der Waals surface area contributed by atoms with E-state index in [1.807, 2.05) is 4.90 Å². The van der Waals surface area contributed by atoms with Crippen molar-refractivity contribution in [2.24, 2.45) is 0 Å². The van der Waals surface area contributed by atoms with Crippen LogP contribution in [0.15, 0.2) is 84.4 Å². The third kappa shape index (κ3) is 7.74. The maximum absolute atomic E-state index is 13.6. The minimum atomic E-state index is -5.37. The number of aromatic nitrogens is 2. The number of rotatable bonds is 10. The number of carboxylic acid groups (broad SMARTS) is 1. The van der Waals surface area contributed by atoms with Gasteiger partial charge in [0.05, 0.1) is 54.1 Å². The van der Waals surface area contributed by atoms with Gasteiger partial charge in [0.25, 0.3) is 0 Å². The number of benzene rings is 1. The number of hydrogen-bond acceptors (Lipinski definition) is 7. The zero-order chi connectivity index (χ0) is 36.4. The Morgan fingerprint density at radius 3 is 2.32 bits per heavy atom. The summed E-state index contributed by atoms with van der Waals surface area (Å²) in [5, 5.41) is 9.24. The van der Waals surface area contributed by atoms with E-state index in [1.54, 1.807) is 36.4 Å². The first kappa shape index (κ1) is 35.9. The predicted molar refractivity (Wildman–Crippen MR) is 167 cm³/mol. The lowest BCUT2D eigenvalue weighted by Gasteiger charge is -2.33. The molecule has 0 saturated carbocycles. The minimum absolute atomic E-state index is 0.00336. The zero-order valence-corrected chi connectivity index (χ0v) is 26.4. The SMILES string of the molecule is COc1ccc(-c2ccc(C(=O)O)cn2)cc1-c1ccc(N2CCC2)nc1CN1C(=O)O[C@H](/C=C/C(=C\C(=C/F)C(F)(F)F)C(F)(F)F)[C@@H]1C. The number of halogens is 7. The van der Waals surface area contributed by atoms with Crippen LogP contribution in [0.4, 0.5) is 41.3 Å². The van der Waals surface area contributed by atoms with Crippen LogP contribution in [0.2, 0.25) is 0 Å². The number of alkyl halides is 6. The number of ether oxygens (including phenoxy) is 2. The summed E-state index contributed by atoms with van der Waals surface area (Å²) in [6.45, 7) is 2.82. The Bertz CT molecular complexity index is 1850. The molecule has 2 aromatic heterocycles. The molecule has 0 bridgehead atoms. The summed E-state index contributed by atoms with van der Waals surface area (Å²) >= 11 is 0. The Balaban J connectivity index is 1.49. The Hall–Kier alpha value is -5.41. The fourth-order valence-corrected chi connectivity index (χ4v) is 5.31. The molecule has 9 nitrogen and oxygen atoms in total. The van der Waals surface area contributed by atoms with Gasteiger partial charge in [0, 0.05) is 36.0 Å². The molecule has 0 radical (unpaired) electrons. The number of nitrogens with zero attached hydrogens (tertiary/aromatic N) is 4. The highest BCUT2D eigenvalue weighted by atomic mass is 19.4. The molecule has 0 spiro atoms. The first-order valence-electron chi connectivity index (χ1n) is 15.1. The van der Waals surface area contributed by atoms with Gasteiger partial charge >= 0.3 is 24.4 Å². The predicted octanol–water partition coefficient (Wildman–Crippen LogP) is 7.90. The van der Waals surface area contributed by atoms with Gasteiger partial charge in [-0.05, 0) is 68.0 Å². The highest BCUT2D eigenvalue weighted by molar-refractivity contribution is 5.87. The van der Waals surface area contributed by atoms with Gasteiger partial charge in [0.2, 0.25) is 0 Å². The van der Waals surface area contributed by atoms with E-state index in [9.17, 15) is 45.4 Å². The van der Waals surface area contributed by atoms with Gasteiger partial charge in [0.15, 0.2) is 0 Å². The lowest BCUT2D eigenvalue weighted by atomic mass is 9.98. The molecule has 2 atom stereocenters. The molecule has 0 aliphatic carbocycles. The normalized spacial score (nSPS) is 18.8. The van der Waals surface area contributed by atoms with Crippen LogP contribution in [0, 0.1) is 0 Å². The number of methoxy groups -OCH3 is 1. The van der Waals surface area contributed by atoms with Crippen molar-refractivity contribution in [1.82, 2.24) is 14.9 Å². The maximum Gasteiger partial charge on any atom is 0.418 e. The second kappa shape index (κ2) is 14.2. The van der Waals surface area contributed by atoms with Gasteiger partial charge in [-0.1, -0.05) is 6.08 Å². The monoisotopic (exact) mass is 706 g/mol. The van der Waals surface area contributed by atoms with E-state index in [2.05, 4.69) is 4.98 Å². The fourth-order valence-electron chi connectivity index (χ4n) is 5.31. The number of aromatic carboxylic acids is 1. The Morgan fingerprint density at radius 1 is 1.04 bits per heavy atom. The number of pyridine rings is 2. The van der Waals surface area contributed by atoms with Crippen molar-refractivity contribution in [3.63, 3.8) is 0 Å². The molecular formula is C34H29F7N4O5. The second-order valence-corrected chi connectivity index (χ2v) is 11.4. The molecular weight excluding hydrogens is 677 g/mol. The topological polar surface area (TPSA) is 105 Å². The van der Waals surface area contributed by atoms with E-state index in [0.29, 0.717) is 45.7 Å². The first-order chi connectivity index (χ1) is 23.6. The van der Waals surface area contributed by atoms with Crippen LogP contribution in [0.1, 0.15) is 29.4 Å². The molecule has 2 saturated heterocycles. The number of amides is 1. The van der Waals surface area contributed by atoms with E-state index in [-0.39, 0.29) is 18.2 Å². The van der Waals surface area contributed by atoms with Crippen molar-refractivity contribution in [3.05, 3.63) is 95.6 Å². The molecule has 5 rings (SSSR count). The van der Waals surface area contributed by atoms with Crippen LogP contribution in [0.5, 0.6) is 5.75 Å².